The van der Waals surface area contributed by atoms with Crippen LogP contribution in [0.4, 0.5) is 0 Å². The highest BCUT2D eigenvalue weighted by molar-refractivity contribution is 5.58. The van der Waals surface area contributed by atoms with E-state index in [2.05, 4.69) is 13.0 Å². The van der Waals surface area contributed by atoms with Crippen molar-refractivity contribution < 1.29 is 10.2 Å². The Morgan fingerprint density at radius 3 is 2.44 bits per heavy atom. The first-order valence-electron chi connectivity index (χ1n) is 6.92. The van der Waals surface area contributed by atoms with Gasteiger partial charge in [0.25, 0.3) is 0 Å². The standard InChI is InChI=1S/C16H24O2/c1-2-3-4-5-6-7-8-9-10-14-11-12-15(17)13-16(14)18/h9-13,17-18H,2-8H2,1H3/b10-9+. The Hall–Kier alpha value is -1.44. The van der Waals surface area contributed by atoms with Crippen LogP contribution in [0, 0.1) is 0 Å². The maximum atomic E-state index is 9.58. The smallest absolute Gasteiger partial charge is 0.126 e. The van der Waals surface area contributed by atoms with Crippen molar-refractivity contribution in [3.05, 3.63) is 29.8 Å². The molecule has 0 saturated carbocycles. The molecule has 0 amide bonds. The molecule has 100 valence electrons. The van der Waals surface area contributed by atoms with E-state index in [1.54, 1.807) is 12.1 Å². The van der Waals surface area contributed by atoms with Crippen molar-refractivity contribution in [3.8, 4) is 11.5 Å². The zero-order chi connectivity index (χ0) is 13.2. The molecule has 0 atom stereocenters. The van der Waals surface area contributed by atoms with Crippen LogP contribution < -0.4 is 0 Å². The second-order valence-corrected chi connectivity index (χ2v) is 4.70. The largest absolute Gasteiger partial charge is 0.508 e. The zero-order valence-corrected chi connectivity index (χ0v) is 11.2. The second kappa shape index (κ2) is 8.62. The van der Waals surface area contributed by atoms with E-state index in [4.69, 9.17) is 5.11 Å². The van der Waals surface area contributed by atoms with Crippen molar-refractivity contribution in [2.75, 3.05) is 0 Å². The van der Waals surface area contributed by atoms with Crippen LogP contribution in [-0.2, 0) is 0 Å². The van der Waals surface area contributed by atoms with Gasteiger partial charge < -0.3 is 10.2 Å². The van der Waals surface area contributed by atoms with Gasteiger partial charge in [0, 0.05) is 11.6 Å². The molecule has 0 spiro atoms. The van der Waals surface area contributed by atoms with E-state index in [0.29, 0.717) is 0 Å². The number of benzene rings is 1. The summed E-state index contributed by atoms with van der Waals surface area (Å²) in [5.41, 5.74) is 0.763. The minimum Gasteiger partial charge on any atom is -0.508 e. The molecule has 0 aliphatic rings. The molecule has 1 rings (SSSR count). The zero-order valence-electron chi connectivity index (χ0n) is 11.2. The van der Waals surface area contributed by atoms with Crippen LogP contribution in [0.3, 0.4) is 0 Å². The Morgan fingerprint density at radius 1 is 1.00 bits per heavy atom. The highest BCUT2D eigenvalue weighted by Gasteiger charge is 1.97. The number of hydrogen-bond acceptors (Lipinski definition) is 2. The Morgan fingerprint density at radius 2 is 1.72 bits per heavy atom. The molecule has 2 N–H and O–H groups in total. The van der Waals surface area contributed by atoms with Gasteiger partial charge in [0.15, 0.2) is 0 Å². The summed E-state index contributed by atoms with van der Waals surface area (Å²) in [5.74, 6) is 0.231. The van der Waals surface area contributed by atoms with Crippen LogP contribution in [-0.4, -0.2) is 10.2 Å². The molecule has 2 heteroatoms. The monoisotopic (exact) mass is 248 g/mol. The fourth-order valence-electron chi connectivity index (χ4n) is 1.93. The normalized spacial score (nSPS) is 11.2. The lowest BCUT2D eigenvalue weighted by atomic mass is 10.1. The van der Waals surface area contributed by atoms with Crippen LogP contribution in [0.15, 0.2) is 24.3 Å². The van der Waals surface area contributed by atoms with Crippen LogP contribution in [0.5, 0.6) is 11.5 Å². The number of unbranched alkanes of at least 4 members (excludes halogenated alkanes) is 6. The SMILES string of the molecule is CCCCCCCC/C=C/c1ccc(O)cc1O. The van der Waals surface area contributed by atoms with Crippen molar-refractivity contribution in [1.29, 1.82) is 0 Å². The van der Waals surface area contributed by atoms with Gasteiger partial charge in [0.1, 0.15) is 11.5 Å². The summed E-state index contributed by atoms with van der Waals surface area (Å²) < 4.78 is 0. The van der Waals surface area contributed by atoms with Gasteiger partial charge in [0.05, 0.1) is 0 Å². The quantitative estimate of drug-likeness (QED) is 0.645. The lowest BCUT2D eigenvalue weighted by Gasteiger charge is -2.00. The molecule has 0 unspecified atom stereocenters. The van der Waals surface area contributed by atoms with Gasteiger partial charge >= 0.3 is 0 Å². The van der Waals surface area contributed by atoms with Crippen molar-refractivity contribution in [2.45, 2.75) is 51.9 Å². The summed E-state index contributed by atoms with van der Waals surface area (Å²) in [6.45, 7) is 2.23. The molecule has 0 aliphatic carbocycles. The number of hydrogen-bond donors (Lipinski definition) is 2. The minimum atomic E-state index is 0.0978. The number of rotatable bonds is 8. The highest BCUT2D eigenvalue weighted by atomic mass is 16.3. The molecule has 1 aromatic carbocycles. The number of phenols is 2. The van der Waals surface area contributed by atoms with Gasteiger partial charge in [-0.2, -0.15) is 0 Å². The molecule has 2 nitrogen and oxygen atoms in total. The number of allylic oxidation sites excluding steroid dienone is 1. The van der Waals surface area contributed by atoms with Crippen LogP contribution in [0.2, 0.25) is 0 Å². The molecule has 0 heterocycles. The average molecular weight is 248 g/mol. The van der Waals surface area contributed by atoms with Gasteiger partial charge in [-0.05, 0) is 25.0 Å². The Labute approximate surface area is 110 Å². The van der Waals surface area contributed by atoms with E-state index in [0.717, 1.165) is 12.0 Å². The van der Waals surface area contributed by atoms with Crippen molar-refractivity contribution in [1.82, 2.24) is 0 Å². The Bertz CT molecular complexity index is 369. The van der Waals surface area contributed by atoms with Crippen molar-refractivity contribution >= 4 is 6.08 Å². The highest BCUT2D eigenvalue weighted by Crippen LogP contribution is 2.23. The van der Waals surface area contributed by atoms with Crippen LogP contribution >= 0.6 is 0 Å². The van der Waals surface area contributed by atoms with Gasteiger partial charge in [-0.15, -0.1) is 0 Å². The maximum Gasteiger partial charge on any atom is 0.126 e. The van der Waals surface area contributed by atoms with E-state index in [1.807, 2.05) is 6.08 Å². The molecule has 0 aromatic heterocycles. The first-order valence-corrected chi connectivity index (χ1v) is 6.92. The average Bonchev–Trinajstić information content (AvgIpc) is 2.35. The third kappa shape index (κ3) is 5.76. The van der Waals surface area contributed by atoms with E-state index in [-0.39, 0.29) is 11.5 Å². The topological polar surface area (TPSA) is 40.5 Å². The number of phenolic OH excluding ortho intramolecular Hbond substituents is 2. The van der Waals surface area contributed by atoms with Crippen molar-refractivity contribution in [3.63, 3.8) is 0 Å². The maximum absolute atomic E-state index is 9.58. The predicted octanol–water partition coefficient (Wildman–Crippen LogP) is 4.86. The Kier molecular flexibility index (Phi) is 7.00. The van der Waals surface area contributed by atoms with Crippen LogP contribution in [0.25, 0.3) is 6.08 Å². The summed E-state index contributed by atoms with van der Waals surface area (Å²) >= 11 is 0. The summed E-state index contributed by atoms with van der Waals surface area (Å²) in [6.07, 6.45) is 12.9. The van der Waals surface area contributed by atoms with Crippen molar-refractivity contribution in [2.24, 2.45) is 0 Å². The van der Waals surface area contributed by atoms with E-state index in [1.165, 1.54) is 44.6 Å². The Balaban J connectivity index is 2.20. The third-order valence-corrected chi connectivity index (χ3v) is 3.04. The van der Waals surface area contributed by atoms with Gasteiger partial charge in [0.2, 0.25) is 0 Å². The second-order valence-electron chi connectivity index (χ2n) is 4.70. The number of aromatic hydroxyl groups is 2. The first-order chi connectivity index (χ1) is 8.74. The minimum absolute atomic E-state index is 0.0978. The molecule has 18 heavy (non-hydrogen) atoms. The summed E-state index contributed by atoms with van der Waals surface area (Å²) in [7, 11) is 0. The van der Waals surface area contributed by atoms with E-state index in [9.17, 15) is 5.11 Å². The summed E-state index contributed by atoms with van der Waals surface area (Å²) in [4.78, 5) is 0. The molecule has 0 radical (unpaired) electrons. The lowest BCUT2D eigenvalue weighted by Crippen LogP contribution is -1.78. The molecule has 0 bridgehead atoms. The molecular formula is C16H24O2. The summed E-state index contributed by atoms with van der Waals surface area (Å²) in [6, 6.07) is 4.68. The van der Waals surface area contributed by atoms with E-state index >= 15 is 0 Å². The lowest BCUT2D eigenvalue weighted by molar-refractivity contribution is 0.450. The third-order valence-electron chi connectivity index (χ3n) is 3.04. The van der Waals surface area contributed by atoms with E-state index < -0.39 is 0 Å². The molecule has 0 saturated heterocycles. The van der Waals surface area contributed by atoms with Crippen LogP contribution in [0.1, 0.15) is 57.4 Å². The summed E-state index contributed by atoms with van der Waals surface area (Å²) in [5, 5.41) is 18.7. The molecular weight excluding hydrogens is 224 g/mol. The predicted molar refractivity (Wildman–Crippen MR) is 76.8 cm³/mol. The fraction of sp³-hybridized carbons (Fsp3) is 0.500. The van der Waals surface area contributed by atoms with Gasteiger partial charge in [-0.1, -0.05) is 51.2 Å². The molecule has 0 aliphatic heterocycles. The van der Waals surface area contributed by atoms with Gasteiger partial charge in [-0.3, -0.25) is 0 Å². The fourth-order valence-corrected chi connectivity index (χ4v) is 1.93. The first kappa shape index (κ1) is 14.6. The van der Waals surface area contributed by atoms with Gasteiger partial charge in [-0.25, -0.2) is 0 Å². The molecule has 0 fully saturated rings. The molecule has 1 aromatic rings.